The highest BCUT2D eigenvalue weighted by molar-refractivity contribution is 5.30. The molecule has 0 aliphatic heterocycles. The molecule has 0 fully saturated rings. The van der Waals surface area contributed by atoms with Crippen molar-refractivity contribution in [3.8, 4) is 5.75 Å². The molecule has 4 nitrogen and oxygen atoms in total. The summed E-state index contributed by atoms with van der Waals surface area (Å²) < 4.78 is 6.15. The summed E-state index contributed by atoms with van der Waals surface area (Å²) in [4.78, 5) is 0. The first kappa shape index (κ1) is 15.6. The van der Waals surface area contributed by atoms with Gasteiger partial charge in [-0.2, -0.15) is 5.10 Å². The maximum atomic E-state index is 6.15. The van der Waals surface area contributed by atoms with E-state index in [0.29, 0.717) is 0 Å². The Bertz CT molecular complexity index is 577. The normalized spacial score (nSPS) is 12.4. The van der Waals surface area contributed by atoms with Crippen molar-refractivity contribution in [1.82, 2.24) is 15.5 Å². The van der Waals surface area contributed by atoms with Crippen LogP contribution in [0.25, 0.3) is 0 Å². The van der Waals surface area contributed by atoms with E-state index < -0.39 is 0 Å². The SMILES string of the molecule is CCNCc1c(C(CC)Oc2cccc(C)c2)n[nH]c1C. The summed E-state index contributed by atoms with van der Waals surface area (Å²) in [5.74, 6) is 0.900. The first-order valence-corrected chi connectivity index (χ1v) is 7.63. The first-order chi connectivity index (χ1) is 10.2. The summed E-state index contributed by atoms with van der Waals surface area (Å²) in [6, 6.07) is 8.15. The number of benzene rings is 1. The molecule has 0 bridgehead atoms. The van der Waals surface area contributed by atoms with E-state index in [1.165, 1.54) is 11.1 Å². The van der Waals surface area contributed by atoms with Crippen LogP contribution in [0.5, 0.6) is 5.75 Å². The minimum absolute atomic E-state index is 0.0228. The van der Waals surface area contributed by atoms with Gasteiger partial charge in [0, 0.05) is 17.8 Å². The number of rotatable bonds is 7. The number of ether oxygens (including phenoxy) is 1. The predicted molar refractivity (Wildman–Crippen MR) is 85.5 cm³/mol. The fourth-order valence-corrected chi connectivity index (χ4v) is 2.40. The van der Waals surface area contributed by atoms with Crippen LogP contribution in [0, 0.1) is 13.8 Å². The lowest BCUT2D eigenvalue weighted by Crippen LogP contribution is -2.16. The standard InChI is InChI=1S/C17H25N3O/c1-5-16(21-14-9-7-8-12(3)10-14)17-15(11-18-6-2)13(4)19-20-17/h7-10,16,18H,5-6,11H2,1-4H3,(H,19,20). The van der Waals surface area contributed by atoms with Crippen molar-refractivity contribution >= 4 is 0 Å². The van der Waals surface area contributed by atoms with Crippen LogP contribution in [-0.2, 0) is 6.54 Å². The zero-order valence-corrected chi connectivity index (χ0v) is 13.4. The second kappa shape index (κ2) is 7.27. The Morgan fingerprint density at radius 2 is 2.10 bits per heavy atom. The highest BCUT2D eigenvalue weighted by atomic mass is 16.5. The number of aromatic amines is 1. The predicted octanol–water partition coefficient (Wildman–Crippen LogP) is 3.67. The first-order valence-electron chi connectivity index (χ1n) is 7.63. The average Bonchev–Trinajstić information content (AvgIpc) is 2.83. The summed E-state index contributed by atoms with van der Waals surface area (Å²) in [5.41, 5.74) is 4.54. The smallest absolute Gasteiger partial charge is 0.142 e. The number of nitrogens with zero attached hydrogens (tertiary/aromatic N) is 1. The second-order valence-corrected chi connectivity index (χ2v) is 5.32. The molecule has 1 unspecified atom stereocenters. The van der Waals surface area contributed by atoms with Gasteiger partial charge in [-0.05, 0) is 44.5 Å². The van der Waals surface area contributed by atoms with Gasteiger partial charge in [-0.3, -0.25) is 5.10 Å². The monoisotopic (exact) mass is 287 g/mol. The van der Waals surface area contributed by atoms with Crippen LogP contribution in [0.15, 0.2) is 24.3 Å². The molecule has 0 aliphatic rings. The van der Waals surface area contributed by atoms with Crippen LogP contribution in [0.3, 0.4) is 0 Å². The maximum Gasteiger partial charge on any atom is 0.142 e. The molecule has 0 saturated carbocycles. The van der Waals surface area contributed by atoms with Gasteiger partial charge in [0.05, 0.1) is 0 Å². The topological polar surface area (TPSA) is 49.9 Å². The average molecular weight is 287 g/mol. The molecule has 4 heteroatoms. The Labute approximate surface area is 126 Å². The molecule has 2 N–H and O–H groups in total. The Balaban J connectivity index is 2.21. The van der Waals surface area contributed by atoms with E-state index in [2.05, 4.69) is 55.3 Å². The lowest BCUT2D eigenvalue weighted by atomic mass is 10.1. The largest absolute Gasteiger partial charge is 0.484 e. The maximum absolute atomic E-state index is 6.15. The molecule has 1 atom stereocenters. The number of hydrogen-bond donors (Lipinski definition) is 2. The molecular weight excluding hydrogens is 262 g/mol. The van der Waals surface area contributed by atoms with Crippen LogP contribution < -0.4 is 10.1 Å². The third kappa shape index (κ3) is 3.85. The molecule has 0 spiro atoms. The van der Waals surface area contributed by atoms with Gasteiger partial charge in [0.25, 0.3) is 0 Å². The molecule has 1 aromatic carbocycles. The lowest BCUT2D eigenvalue weighted by Gasteiger charge is -2.18. The minimum atomic E-state index is -0.0228. The fraction of sp³-hybridized carbons (Fsp3) is 0.471. The summed E-state index contributed by atoms with van der Waals surface area (Å²) in [5, 5.41) is 10.9. The molecule has 2 aromatic rings. The fourth-order valence-electron chi connectivity index (χ4n) is 2.40. The zero-order chi connectivity index (χ0) is 15.2. The Morgan fingerprint density at radius 3 is 2.76 bits per heavy atom. The zero-order valence-electron chi connectivity index (χ0n) is 13.4. The van der Waals surface area contributed by atoms with Gasteiger partial charge < -0.3 is 10.1 Å². The number of aryl methyl sites for hydroxylation is 2. The lowest BCUT2D eigenvalue weighted by molar-refractivity contribution is 0.195. The molecular formula is C17H25N3O. The number of hydrogen-bond acceptors (Lipinski definition) is 3. The van der Waals surface area contributed by atoms with Gasteiger partial charge in [0.1, 0.15) is 17.5 Å². The second-order valence-electron chi connectivity index (χ2n) is 5.32. The molecule has 0 amide bonds. The molecule has 1 heterocycles. The van der Waals surface area contributed by atoms with Crippen LogP contribution >= 0.6 is 0 Å². The Hall–Kier alpha value is -1.81. The van der Waals surface area contributed by atoms with Crippen LogP contribution in [-0.4, -0.2) is 16.7 Å². The summed E-state index contributed by atoms with van der Waals surface area (Å²) in [7, 11) is 0. The number of H-pyrrole nitrogens is 1. The van der Waals surface area contributed by atoms with E-state index in [-0.39, 0.29) is 6.10 Å². The summed E-state index contributed by atoms with van der Waals surface area (Å²) >= 11 is 0. The van der Waals surface area contributed by atoms with E-state index in [4.69, 9.17) is 4.74 Å². The van der Waals surface area contributed by atoms with Crippen LogP contribution in [0.4, 0.5) is 0 Å². The van der Waals surface area contributed by atoms with E-state index in [9.17, 15) is 0 Å². The number of aromatic nitrogens is 2. The van der Waals surface area contributed by atoms with Gasteiger partial charge in [0.15, 0.2) is 0 Å². The summed E-state index contributed by atoms with van der Waals surface area (Å²) in [6.07, 6.45) is 0.863. The van der Waals surface area contributed by atoms with Crippen molar-refractivity contribution in [2.24, 2.45) is 0 Å². The van der Waals surface area contributed by atoms with Crippen LogP contribution in [0.2, 0.25) is 0 Å². The molecule has 114 valence electrons. The van der Waals surface area contributed by atoms with Crippen molar-refractivity contribution in [2.75, 3.05) is 6.54 Å². The minimum Gasteiger partial charge on any atom is -0.484 e. The molecule has 21 heavy (non-hydrogen) atoms. The van der Waals surface area contributed by atoms with Crippen molar-refractivity contribution in [1.29, 1.82) is 0 Å². The van der Waals surface area contributed by atoms with Gasteiger partial charge in [-0.25, -0.2) is 0 Å². The third-order valence-electron chi connectivity index (χ3n) is 3.60. The third-order valence-corrected chi connectivity index (χ3v) is 3.60. The van der Waals surface area contributed by atoms with Gasteiger partial charge in [-0.15, -0.1) is 0 Å². The molecule has 0 saturated heterocycles. The van der Waals surface area contributed by atoms with Gasteiger partial charge >= 0.3 is 0 Å². The van der Waals surface area contributed by atoms with E-state index in [0.717, 1.165) is 36.6 Å². The molecule has 0 aliphatic carbocycles. The number of nitrogens with one attached hydrogen (secondary N) is 2. The van der Waals surface area contributed by atoms with Crippen molar-refractivity contribution < 1.29 is 4.74 Å². The Morgan fingerprint density at radius 1 is 1.29 bits per heavy atom. The van der Waals surface area contributed by atoms with E-state index in [1.54, 1.807) is 0 Å². The van der Waals surface area contributed by atoms with E-state index in [1.807, 2.05) is 12.1 Å². The highest BCUT2D eigenvalue weighted by Gasteiger charge is 2.20. The molecule has 2 rings (SSSR count). The van der Waals surface area contributed by atoms with Crippen LogP contribution in [0.1, 0.15) is 48.9 Å². The highest BCUT2D eigenvalue weighted by Crippen LogP contribution is 2.27. The van der Waals surface area contributed by atoms with Gasteiger partial charge in [0.2, 0.25) is 0 Å². The molecule has 1 aromatic heterocycles. The Kier molecular flexibility index (Phi) is 5.39. The quantitative estimate of drug-likeness (QED) is 0.817. The molecule has 0 radical (unpaired) electrons. The summed E-state index contributed by atoms with van der Waals surface area (Å²) in [6.45, 7) is 10.1. The van der Waals surface area contributed by atoms with Crippen molar-refractivity contribution in [3.05, 3.63) is 46.8 Å². The van der Waals surface area contributed by atoms with Crippen molar-refractivity contribution in [3.63, 3.8) is 0 Å². The van der Waals surface area contributed by atoms with Gasteiger partial charge in [-0.1, -0.05) is 26.0 Å². The van der Waals surface area contributed by atoms with Crippen molar-refractivity contribution in [2.45, 2.75) is 46.8 Å². The van der Waals surface area contributed by atoms with E-state index >= 15 is 0 Å².